The molecule has 7 nitrogen and oxygen atoms in total. The van der Waals surface area contributed by atoms with Gasteiger partial charge in [-0.1, -0.05) is 6.92 Å². The zero-order valence-corrected chi connectivity index (χ0v) is 12.4. The minimum absolute atomic E-state index is 0.0187. The van der Waals surface area contributed by atoms with Gasteiger partial charge in [-0.25, -0.2) is 4.79 Å². The van der Waals surface area contributed by atoms with Gasteiger partial charge in [0.25, 0.3) is 5.91 Å². The maximum Gasteiger partial charge on any atom is 0.325 e. The Balaban J connectivity index is 2.54. The standard InChI is InChI=1S/C13H23N3O4/c1-5-13(4,8-17)14-9(18)6-7-16-10(19)12(2,3)15-11(16)20/h17H,5-8H2,1-4H3,(H,14,18)(H,15,20). The summed E-state index contributed by atoms with van der Waals surface area (Å²) in [7, 11) is 0. The van der Waals surface area contributed by atoms with E-state index in [0.717, 1.165) is 4.90 Å². The largest absolute Gasteiger partial charge is 0.394 e. The fraction of sp³-hybridized carbons (Fsp3) is 0.769. The van der Waals surface area contributed by atoms with Crippen molar-refractivity contribution in [3.05, 3.63) is 0 Å². The number of carbonyl (C=O) groups excluding carboxylic acids is 3. The fourth-order valence-electron chi connectivity index (χ4n) is 1.87. The summed E-state index contributed by atoms with van der Waals surface area (Å²) >= 11 is 0. The molecule has 1 heterocycles. The third kappa shape index (κ3) is 3.47. The van der Waals surface area contributed by atoms with Crippen LogP contribution in [-0.2, 0) is 9.59 Å². The molecule has 1 unspecified atom stereocenters. The molecule has 0 bridgehead atoms. The van der Waals surface area contributed by atoms with Gasteiger partial charge in [0.15, 0.2) is 0 Å². The highest BCUT2D eigenvalue weighted by molar-refractivity contribution is 6.06. The second-order valence-corrected chi connectivity index (χ2v) is 5.88. The lowest BCUT2D eigenvalue weighted by Gasteiger charge is -2.27. The van der Waals surface area contributed by atoms with E-state index in [1.807, 2.05) is 6.92 Å². The highest BCUT2D eigenvalue weighted by Crippen LogP contribution is 2.16. The van der Waals surface area contributed by atoms with E-state index < -0.39 is 17.1 Å². The molecule has 1 aliphatic rings. The molecular formula is C13H23N3O4. The highest BCUT2D eigenvalue weighted by Gasteiger charge is 2.44. The van der Waals surface area contributed by atoms with E-state index >= 15 is 0 Å². The van der Waals surface area contributed by atoms with Crippen LogP contribution in [-0.4, -0.2) is 52.1 Å². The van der Waals surface area contributed by atoms with E-state index in [1.54, 1.807) is 20.8 Å². The zero-order chi connectivity index (χ0) is 15.6. The monoisotopic (exact) mass is 285 g/mol. The van der Waals surface area contributed by atoms with Crippen LogP contribution in [0.3, 0.4) is 0 Å². The maximum absolute atomic E-state index is 11.9. The Labute approximate surface area is 118 Å². The van der Waals surface area contributed by atoms with Crippen LogP contribution in [0.5, 0.6) is 0 Å². The molecular weight excluding hydrogens is 262 g/mol. The molecule has 3 N–H and O–H groups in total. The molecule has 0 aromatic heterocycles. The van der Waals surface area contributed by atoms with Crippen molar-refractivity contribution in [1.29, 1.82) is 0 Å². The number of nitrogens with zero attached hydrogens (tertiary/aromatic N) is 1. The van der Waals surface area contributed by atoms with Crippen LogP contribution in [0, 0.1) is 0 Å². The van der Waals surface area contributed by atoms with Crippen molar-refractivity contribution in [1.82, 2.24) is 15.5 Å². The molecule has 7 heteroatoms. The summed E-state index contributed by atoms with van der Waals surface area (Å²) in [4.78, 5) is 36.4. The molecule has 1 atom stereocenters. The molecule has 0 saturated carbocycles. The number of hydrogen-bond donors (Lipinski definition) is 3. The van der Waals surface area contributed by atoms with Gasteiger partial charge in [-0.05, 0) is 27.2 Å². The third-order valence-electron chi connectivity index (χ3n) is 3.58. The van der Waals surface area contributed by atoms with Crippen molar-refractivity contribution in [3.63, 3.8) is 0 Å². The van der Waals surface area contributed by atoms with Gasteiger partial charge >= 0.3 is 6.03 Å². The smallest absolute Gasteiger partial charge is 0.325 e. The zero-order valence-electron chi connectivity index (χ0n) is 12.4. The van der Waals surface area contributed by atoms with Crippen LogP contribution in [0.15, 0.2) is 0 Å². The first-order valence-corrected chi connectivity index (χ1v) is 6.71. The van der Waals surface area contributed by atoms with Crippen LogP contribution in [0.4, 0.5) is 4.79 Å². The lowest BCUT2D eigenvalue weighted by Crippen LogP contribution is -2.49. The van der Waals surface area contributed by atoms with Gasteiger partial charge in [0.05, 0.1) is 12.1 Å². The van der Waals surface area contributed by atoms with Crippen molar-refractivity contribution >= 4 is 17.8 Å². The summed E-state index contributed by atoms with van der Waals surface area (Å²) in [5.41, 5.74) is -1.59. The minimum Gasteiger partial charge on any atom is -0.394 e. The summed E-state index contributed by atoms with van der Waals surface area (Å²) < 4.78 is 0. The van der Waals surface area contributed by atoms with E-state index in [4.69, 9.17) is 0 Å². The number of hydrogen-bond acceptors (Lipinski definition) is 4. The van der Waals surface area contributed by atoms with Gasteiger partial charge in [-0.2, -0.15) is 0 Å². The average Bonchev–Trinajstić information content (AvgIpc) is 2.56. The predicted molar refractivity (Wildman–Crippen MR) is 72.9 cm³/mol. The second kappa shape index (κ2) is 5.78. The summed E-state index contributed by atoms with van der Waals surface area (Å²) in [6, 6.07) is -0.479. The first-order valence-electron chi connectivity index (χ1n) is 6.71. The Morgan fingerprint density at radius 1 is 1.45 bits per heavy atom. The van der Waals surface area contributed by atoms with Crippen LogP contribution in [0.25, 0.3) is 0 Å². The molecule has 1 rings (SSSR count). The molecule has 0 aliphatic carbocycles. The summed E-state index contributed by atoms with van der Waals surface area (Å²) in [6.07, 6.45) is 0.607. The van der Waals surface area contributed by atoms with Crippen LogP contribution in [0.1, 0.15) is 40.5 Å². The SMILES string of the molecule is CCC(C)(CO)NC(=O)CCN1C(=O)NC(C)(C)C1=O. The molecule has 0 spiro atoms. The van der Waals surface area contributed by atoms with E-state index in [-0.39, 0.29) is 31.4 Å². The molecule has 20 heavy (non-hydrogen) atoms. The molecule has 0 aromatic carbocycles. The van der Waals surface area contributed by atoms with Gasteiger partial charge in [0.1, 0.15) is 5.54 Å². The molecule has 0 radical (unpaired) electrons. The van der Waals surface area contributed by atoms with Gasteiger partial charge < -0.3 is 15.7 Å². The van der Waals surface area contributed by atoms with E-state index in [2.05, 4.69) is 10.6 Å². The Bertz CT molecular complexity index is 416. The molecule has 0 aromatic rings. The number of carbonyl (C=O) groups is 3. The van der Waals surface area contributed by atoms with Gasteiger partial charge in [0.2, 0.25) is 5.91 Å². The van der Waals surface area contributed by atoms with Gasteiger partial charge in [-0.15, -0.1) is 0 Å². The fourth-order valence-corrected chi connectivity index (χ4v) is 1.87. The van der Waals surface area contributed by atoms with Crippen molar-refractivity contribution < 1.29 is 19.5 Å². The Morgan fingerprint density at radius 3 is 2.45 bits per heavy atom. The number of urea groups is 1. The predicted octanol–water partition coefficient (Wildman–Crippen LogP) is -0.0159. The molecule has 4 amide bonds. The van der Waals surface area contributed by atoms with E-state index in [9.17, 15) is 19.5 Å². The molecule has 1 saturated heterocycles. The van der Waals surface area contributed by atoms with Crippen LogP contribution < -0.4 is 10.6 Å². The summed E-state index contributed by atoms with van der Waals surface area (Å²) in [5.74, 6) is -0.635. The van der Waals surface area contributed by atoms with Crippen molar-refractivity contribution in [2.45, 2.75) is 51.6 Å². The van der Waals surface area contributed by atoms with Crippen molar-refractivity contribution in [3.8, 4) is 0 Å². The Morgan fingerprint density at radius 2 is 2.05 bits per heavy atom. The summed E-state index contributed by atoms with van der Waals surface area (Å²) in [6.45, 7) is 6.70. The quantitative estimate of drug-likeness (QED) is 0.597. The lowest BCUT2D eigenvalue weighted by atomic mass is 10.00. The molecule has 1 fully saturated rings. The maximum atomic E-state index is 11.9. The molecule has 1 aliphatic heterocycles. The lowest BCUT2D eigenvalue weighted by molar-refractivity contribution is -0.130. The van der Waals surface area contributed by atoms with Crippen molar-refractivity contribution in [2.75, 3.05) is 13.2 Å². The minimum atomic E-state index is -0.920. The topological polar surface area (TPSA) is 98.7 Å². The van der Waals surface area contributed by atoms with Crippen LogP contribution in [0.2, 0.25) is 0 Å². The molecule has 114 valence electrons. The number of aliphatic hydroxyl groups excluding tert-OH is 1. The number of aliphatic hydroxyl groups is 1. The normalized spacial score (nSPS) is 20.6. The van der Waals surface area contributed by atoms with Gasteiger partial charge in [-0.3, -0.25) is 14.5 Å². The van der Waals surface area contributed by atoms with E-state index in [1.165, 1.54) is 0 Å². The number of rotatable bonds is 6. The average molecular weight is 285 g/mol. The van der Waals surface area contributed by atoms with Crippen LogP contribution >= 0.6 is 0 Å². The first-order chi connectivity index (χ1) is 9.15. The highest BCUT2D eigenvalue weighted by atomic mass is 16.3. The number of amides is 4. The summed E-state index contributed by atoms with van der Waals surface area (Å²) in [5, 5.41) is 14.5. The van der Waals surface area contributed by atoms with Gasteiger partial charge in [0, 0.05) is 13.0 Å². The third-order valence-corrected chi connectivity index (χ3v) is 3.58. The Hall–Kier alpha value is -1.63. The van der Waals surface area contributed by atoms with Crippen molar-refractivity contribution in [2.24, 2.45) is 0 Å². The number of imide groups is 1. The second-order valence-electron chi connectivity index (χ2n) is 5.88. The number of nitrogens with one attached hydrogen (secondary N) is 2. The first kappa shape index (κ1) is 16.4. The Kier molecular flexibility index (Phi) is 4.75. The van der Waals surface area contributed by atoms with E-state index in [0.29, 0.717) is 6.42 Å².